The van der Waals surface area contributed by atoms with Crippen molar-refractivity contribution in [1.82, 2.24) is 15.1 Å². The maximum atomic E-state index is 12.2. The Labute approximate surface area is 156 Å². The van der Waals surface area contributed by atoms with Crippen LogP contribution in [-0.4, -0.2) is 29.3 Å². The largest absolute Gasteiger partial charge is 0.497 e. The number of nitrogens with zero attached hydrogens (tertiary/aromatic N) is 2. The summed E-state index contributed by atoms with van der Waals surface area (Å²) in [5.74, 6) is 0.638. The van der Waals surface area contributed by atoms with Gasteiger partial charge in [-0.15, -0.1) is 0 Å². The molecule has 3 aromatic rings. The van der Waals surface area contributed by atoms with Gasteiger partial charge in [-0.2, -0.15) is 5.10 Å². The summed E-state index contributed by atoms with van der Waals surface area (Å²) in [5, 5.41) is 7.56. The highest BCUT2D eigenvalue weighted by Crippen LogP contribution is 2.15. The quantitative estimate of drug-likeness (QED) is 0.662. The van der Waals surface area contributed by atoms with Crippen LogP contribution in [0.1, 0.15) is 18.0 Å². The molecule has 0 radical (unpaired) electrons. The van der Waals surface area contributed by atoms with Gasteiger partial charge < -0.3 is 15.8 Å². The number of benzene rings is 2. The zero-order valence-electron chi connectivity index (χ0n) is 15.1. The number of rotatable bonds is 7. The molecule has 0 aliphatic rings. The first kappa shape index (κ1) is 18.6. The molecular weight excluding hydrogens is 344 g/mol. The number of methoxy groups -OCH3 is 1. The number of nitrogens with one attached hydrogen (secondary N) is 1. The van der Waals surface area contributed by atoms with Crippen molar-refractivity contribution in [2.45, 2.75) is 19.0 Å². The second-order valence-electron chi connectivity index (χ2n) is 6.18. The van der Waals surface area contributed by atoms with Crippen LogP contribution in [0, 0.1) is 0 Å². The molecule has 1 aromatic heterocycles. The predicted octanol–water partition coefficient (Wildman–Crippen LogP) is 1.61. The van der Waals surface area contributed by atoms with Crippen molar-refractivity contribution < 1.29 is 9.53 Å². The van der Waals surface area contributed by atoms with Crippen molar-refractivity contribution in [3.05, 3.63) is 70.5 Å². The molecule has 2 aromatic carbocycles. The molecule has 0 aliphatic carbocycles. The van der Waals surface area contributed by atoms with E-state index in [2.05, 4.69) is 10.4 Å². The molecular formula is C20H22N4O3. The summed E-state index contributed by atoms with van der Waals surface area (Å²) in [6, 6.07) is 14.4. The number of ether oxygens (including phenoxy) is 1. The van der Waals surface area contributed by atoms with Crippen molar-refractivity contribution in [3.63, 3.8) is 0 Å². The van der Waals surface area contributed by atoms with Crippen molar-refractivity contribution in [1.29, 1.82) is 0 Å². The fraction of sp³-hybridized carbons (Fsp3) is 0.250. The maximum absolute atomic E-state index is 12.2. The number of carbonyl (C=O) groups is 1. The highest BCUT2D eigenvalue weighted by Gasteiger charge is 2.10. The van der Waals surface area contributed by atoms with Gasteiger partial charge in [0.1, 0.15) is 5.75 Å². The minimum atomic E-state index is -0.300. The van der Waals surface area contributed by atoms with Crippen molar-refractivity contribution >= 4 is 16.8 Å². The number of nitrogens with two attached hydrogens (primary N) is 1. The Bertz CT molecular complexity index is 982. The Morgan fingerprint density at radius 3 is 2.70 bits per heavy atom. The molecule has 0 bridgehead atoms. The lowest BCUT2D eigenvalue weighted by Crippen LogP contribution is -2.32. The third kappa shape index (κ3) is 4.51. The maximum Gasteiger partial charge on any atom is 0.221 e. The smallest absolute Gasteiger partial charge is 0.221 e. The van der Waals surface area contributed by atoms with E-state index in [0.29, 0.717) is 24.0 Å². The fourth-order valence-electron chi connectivity index (χ4n) is 2.83. The second kappa shape index (κ2) is 8.46. The lowest BCUT2D eigenvalue weighted by atomic mass is 10.1. The lowest BCUT2D eigenvalue weighted by molar-refractivity contribution is -0.121. The van der Waals surface area contributed by atoms with E-state index in [0.717, 1.165) is 11.3 Å². The standard InChI is InChI=1S/C20H22N4O3/c1-27-15-8-6-14(7-9-15)17(21)12-22-20(26)10-11-24-18-5-3-2-4-16(18)19(25)13-23-24/h2-9,13,17H,10-12,21H2,1H3,(H,22,26). The van der Waals surface area contributed by atoms with Crippen LogP contribution in [0.2, 0.25) is 0 Å². The van der Waals surface area contributed by atoms with Gasteiger partial charge in [0.05, 0.1) is 25.4 Å². The molecule has 1 amide bonds. The zero-order valence-corrected chi connectivity index (χ0v) is 15.1. The van der Waals surface area contributed by atoms with E-state index in [9.17, 15) is 9.59 Å². The summed E-state index contributed by atoms with van der Waals surface area (Å²) >= 11 is 0. The van der Waals surface area contributed by atoms with Gasteiger partial charge in [-0.1, -0.05) is 24.3 Å². The summed E-state index contributed by atoms with van der Waals surface area (Å²) in [4.78, 5) is 24.0. The Balaban J connectivity index is 1.55. The first-order valence-electron chi connectivity index (χ1n) is 8.69. The van der Waals surface area contributed by atoms with Gasteiger partial charge in [0, 0.05) is 24.4 Å². The van der Waals surface area contributed by atoms with Crippen LogP contribution >= 0.6 is 0 Å². The molecule has 0 aliphatic heterocycles. The Kier molecular flexibility index (Phi) is 5.83. The van der Waals surface area contributed by atoms with Crippen LogP contribution < -0.4 is 21.2 Å². The Morgan fingerprint density at radius 1 is 1.22 bits per heavy atom. The van der Waals surface area contributed by atoms with Gasteiger partial charge in [-0.25, -0.2) is 0 Å². The molecule has 0 saturated heterocycles. The average Bonchev–Trinajstić information content (AvgIpc) is 2.71. The highest BCUT2D eigenvalue weighted by atomic mass is 16.5. The molecule has 0 saturated carbocycles. The average molecular weight is 366 g/mol. The van der Waals surface area contributed by atoms with Gasteiger partial charge >= 0.3 is 0 Å². The predicted molar refractivity (Wildman–Crippen MR) is 104 cm³/mol. The third-order valence-corrected chi connectivity index (χ3v) is 4.38. The van der Waals surface area contributed by atoms with E-state index in [4.69, 9.17) is 10.5 Å². The van der Waals surface area contributed by atoms with E-state index in [1.807, 2.05) is 36.4 Å². The normalized spacial score (nSPS) is 11.9. The fourth-order valence-corrected chi connectivity index (χ4v) is 2.83. The third-order valence-electron chi connectivity index (χ3n) is 4.38. The zero-order chi connectivity index (χ0) is 19.2. The molecule has 0 spiro atoms. The molecule has 27 heavy (non-hydrogen) atoms. The van der Waals surface area contributed by atoms with E-state index >= 15 is 0 Å². The minimum absolute atomic E-state index is 0.122. The van der Waals surface area contributed by atoms with E-state index < -0.39 is 0 Å². The minimum Gasteiger partial charge on any atom is -0.497 e. The molecule has 1 atom stereocenters. The second-order valence-corrected chi connectivity index (χ2v) is 6.18. The SMILES string of the molecule is COc1ccc(C(N)CNC(=O)CCn2ncc(=O)c3ccccc32)cc1. The first-order valence-corrected chi connectivity index (χ1v) is 8.69. The monoisotopic (exact) mass is 366 g/mol. The van der Waals surface area contributed by atoms with Crippen molar-refractivity contribution in [2.75, 3.05) is 13.7 Å². The highest BCUT2D eigenvalue weighted by molar-refractivity contribution is 5.79. The number of amides is 1. The van der Waals surface area contributed by atoms with Gasteiger partial charge in [-0.3, -0.25) is 14.3 Å². The van der Waals surface area contributed by atoms with Crippen molar-refractivity contribution in [3.8, 4) is 5.75 Å². The summed E-state index contributed by atoms with van der Waals surface area (Å²) in [6.07, 6.45) is 1.52. The lowest BCUT2D eigenvalue weighted by Gasteiger charge is -2.14. The van der Waals surface area contributed by atoms with Gasteiger partial charge in [0.2, 0.25) is 11.3 Å². The molecule has 1 heterocycles. The number of aryl methyl sites for hydroxylation is 1. The van der Waals surface area contributed by atoms with Crippen LogP contribution in [-0.2, 0) is 11.3 Å². The summed E-state index contributed by atoms with van der Waals surface area (Å²) in [6.45, 7) is 0.716. The van der Waals surface area contributed by atoms with E-state index in [1.54, 1.807) is 23.9 Å². The van der Waals surface area contributed by atoms with Gasteiger partial charge in [0.15, 0.2) is 0 Å². The first-order chi connectivity index (χ1) is 13.1. The Hall–Kier alpha value is -3.19. The summed E-state index contributed by atoms with van der Waals surface area (Å²) in [5.41, 5.74) is 7.63. The number of hydrogen-bond acceptors (Lipinski definition) is 5. The van der Waals surface area contributed by atoms with Crippen molar-refractivity contribution in [2.24, 2.45) is 5.73 Å². The van der Waals surface area contributed by atoms with Gasteiger partial charge in [0.25, 0.3) is 0 Å². The number of fused-ring (bicyclic) bond motifs is 1. The van der Waals surface area contributed by atoms with Gasteiger partial charge in [-0.05, 0) is 29.8 Å². The molecule has 7 heteroatoms. The molecule has 3 rings (SSSR count). The van der Waals surface area contributed by atoms with E-state index in [-0.39, 0.29) is 23.8 Å². The van der Waals surface area contributed by atoms with Crippen LogP contribution in [0.4, 0.5) is 0 Å². The topological polar surface area (TPSA) is 99.2 Å². The molecule has 0 fully saturated rings. The molecule has 7 nitrogen and oxygen atoms in total. The van der Waals surface area contributed by atoms with Crippen LogP contribution in [0.3, 0.4) is 0 Å². The number of aromatic nitrogens is 2. The number of hydrogen-bond donors (Lipinski definition) is 2. The number of carbonyl (C=O) groups excluding carboxylic acids is 1. The summed E-state index contributed by atoms with van der Waals surface area (Å²) in [7, 11) is 1.61. The van der Waals surface area contributed by atoms with E-state index in [1.165, 1.54) is 6.20 Å². The van der Waals surface area contributed by atoms with Crippen LogP contribution in [0.15, 0.2) is 59.5 Å². The summed E-state index contributed by atoms with van der Waals surface area (Å²) < 4.78 is 6.79. The molecule has 3 N–H and O–H groups in total. The van der Waals surface area contributed by atoms with Crippen LogP contribution in [0.5, 0.6) is 5.75 Å². The molecule has 1 unspecified atom stereocenters. The molecule has 140 valence electrons. The Morgan fingerprint density at radius 2 is 1.96 bits per heavy atom. The van der Waals surface area contributed by atoms with Crippen LogP contribution in [0.25, 0.3) is 10.9 Å². The number of para-hydroxylation sites is 1.